The molecule has 0 aliphatic rings. The fraction of sp³-hybridized carbons (Fsp3) is 0.105. The lowest BCUT2D eigenvalue weighted by molar-refractivity contribution is 0.0697. The lowest BCUT2D eigenvalue weighted by atomic mass is 10.1. The Balaban J connectivity index is 0.00000261. The second-order valence-electron chi connectivity index (χ2n) is 5.47. The van der Waals surface area contributed by atoms with Crippen LogP contribution in [0.25, 0.3) is 11.1 Å². The van der Waals surface area contributed by atoms with E-state index in [1.54, 1.807) is 18.3 Å². The topological polar surface area (TPSA) is 87.1 Å². The van der Waals surface area contributed by atoms with Crippen LogP contribution >= 0.6 is 24.0 Å². The molecule has 0 aliphatic heterocycles. The Kier molecular flexibility index (Phi) is 6.98. The molecule has 3 rings (SSSR count). The highest BCUT2D eigenvalue weighted by molar-refractivity contribution is 6.33. The Hall–Kier alpha value is -2.83. The van der Waals surface area contributed by atoms with Crippen LogP contribution < -0.4 is 10.6 Å². The molecular formula is C19H18Cl2N4O2. The Morgan fingerprint density at radius 3 is 2.44 bits per heavy atom. The first-order chi connectivity index (χ1) is 12.6. The van der Waals surface area contributed by atoms with Gasteiger partial charge in [0.25, 0.3) is 0 Å². The van der Waals surface area contributed by atoms with Crippen molar-refractivity contribution in [3.63, 3.8) is 0 Å². The molecule has 0 aliphatic carbocycles. The van der Waals surface area contributed by atoms with Crippen molar-refractivity contribution in [1.29, 1.82) is 0 Å². The quantitative estimate of drug-likeness (QED) is 0.530. The number of anilines is 3. The molecule has 0 unspecified atom stereocenters. The highest BCUT2D eigenvalue weighted by atomic mass is 35.5. The number of carboxylic acid groups (broad SMARTS) is 1. The summed E-state index contributed by atoms with van der Waals surface area (Å²) in [5.41, 5.74) is 2.58. The predicted octanol–water partition coefficient (Wildman–Crippen LogP) is 5.09. The molecule has 6 nitrogen and oxygen atoms in total. The summed E-state index contributed by atoms with van der Waals surface area (Å²) >= 11 is 6.29. The zero-order valence-electron chi connectivity index (χ0n) is 14.4. The lowest BCUT2D eigenvalue weighted by Gasteiger charge is -2.13. The minimum Gasteiger partial charge on any atom is -0.478 e. The largest absolute Gasteiger partial charge is 0.478 e. The first-order valence-corrected chi connectivity index (χ1v) is 8.42. The molecule has 0 bridgehead atoms. The van der Waals surface area contributed by atoms with Gasteiger partial charge >= 0.3 is 5.97 Å². The van der Waals surface area contributed by atoms with E-state index in [4.69, 9.17) is 16.7 Å². The third-order valence-corrected chi connectivity index (χ3v) is 4.01. The highest BCUT2D eigenvalue weighted by Gasteiger charge is 2.12. The van der Waals surface area contributed by atoms with Gasteiger partial charge in [0, 0.05) is 34.6 Å². The normalized spacial score (nSPS) is 10.0. The number of carbonyl (C=O) groups is 1. The van der Waals surface area contributed by atoms with E-state index in [1.165, 1.54) is 12.1 Å². The smallest absolute Gasteiger partial charge is 0.335 e. The summed E-state index contributed by atoms with van der Waals surface area (Å²) in [4.78, 5) is 19.8. The molecule has 3 N–H and O–H groups in total. The number of hydrogen-bond acceptors (Lipinski definition) is 5. The second-order valence-corrected chi connectivity index (χ2v) is 5.88. The van der Waals surface area contributed by atoms with Gasteiger partial charge in [-0.3, -0.25) is 0 Å². The monoisotopic (exact) mass is 404 g/mol. The van der Waals surface area contributed by atoms with E-state index in [2.05, 4.69) is 20.6 Å². The number of hydrogen-bond donors (Lipinski definition) is 3. The number of halogens is 2. The number of nitrogens with zero attached hydrogens (tertiary/aromatic N) is 2. The predicted molar refractivity (Wildman–Crippen MR) is 111 cm³/mol. The maximum atomic E-state index is 10.9. The van der Waals surface area contributed by atoms with Crippen molar-refractivity contribution in [3.8, 4) is 11.1 Å². The number of aromatic carboxylic acids is 1. The summed E-state index contributed by atoms with van der Waals surface area (Å²) in [7, 11) is 0. The molecule has 27 heavy (non-hydrogen) atoms. The van der Waals surface area contributed by atoms with Crippen LogP contribution in [0.1, 0.15) is 17.3 Å². The van der Waals surface area contributed by atoms with Crippen molar-refractivity contribution in [2.45, 2.75) is 6.92 Å². The van der Waals surface area contributed by atoms with Crippen molar-refractivity contribution in [1.82, 2.24) is 9.97 Å². The number of benzene rings is 2. The molecular weight excluding hydrogens is 387 g/mol. The average molecular weight is 405 g/mol. The van der Waals surface area contributed by atoms with Crippen LogP contribution in [0.3, 0.4) is 0 Å². The maximum Gasteiger partial charge on any atom is 0.335 e. The van der Waals surface area contributed by atoms with Crippen LogP contribution in [0.5, 0.6) is 0 Å². The zero-order valence-corrected chi connectivity index (χ0v) is 16.0. The Bertz CT molecular complexity index is 933. The molecule has 3 aromatic rings. The average Bonchev–Trinajstić information content (AvgIpc) is 2.63. The van der Waals surface area contributed by atoms with E-state index in [9.17, 15) is 4.79 Å². The molecule has 1 heterocycles. The Morgan fingerprint density at radius 1 is 1.11 bits per heavy atom. The number of aromatic nitrogens is 2. The van der Waals surface area contributed by atoms with E-state index in [0.29, 0.717) is 29.0 Å². The van der Waals surface area contributed by atoms with Crippen LogP contribution in [0, 0.1) is 0 Å². The number of rotatable bonds is 6. The SMILES string of the molecule is CCNc1nc(Nc2ccc(C(=O)O)cc2)ncc1-c1ccccc1Cl.Cl. The van der Waals surface area contributed by atoms with E-state index < -0.39 is 5.97 Å². The van der Waals surface area contributed by atoms with E-state index >= 15 is 0 Å². The van der Waals surface area contributed by atoms with Crippen molar-refractivity contribution in [2.75, 3.05) is 17.2 Å². The molecule has 140 valence electrons. The molecule has 0 atom stereocenters. The van der Waals surface area contributed by atoms with E-state index in [1.807, 2.05) is 31.2 Å². The van der Waals surface area contributed by atoms with Gasteiger partial charge in [-0.1, -0.05) is 29.8 Å². The molecule has 0 amide bonds. The summed E-state index contributed by atoms with van der Waals surface area (Å²) < 4.78 is 0. The Labute approximate surface area is 168 Å². The zero-order chi connectivity index (χ0) is 18.5. The van der Waals surface area contributed by atoms with Crippen molar-refractivity contribution in [3.05, 3.63) is 65.3 Å². The second kappa shape index (κ2) is 9.21. The summed E-state index contributed by atoms with van der Waals surface area (Å²) in [5.74, 6) is 0.103. The molecule has 0 spiro atoms. The summed E-state index contributed by atoms with van der Waals surface area (Å²) in [5, 5.41) is 15.9. The molecule has 0 saturated heterocycles. The van der Waals surface area contributed by atoms with Crippen molar-refractivity contribution < 1.29 is 9.90 Å². The molecule has 2 aromatic carbocycles. The van der Waals surface area contributed by atoms with Crippen LogP contribution in [-0.4, -0.2) is 27.6 Å². The van der Waals surface area contributed by atoms with Crippen molar-refractivity contribution in [2.24, 2.45) is 0 Å². The van der Waals surface area contributed by atoms with Crippen LogP contribution in [0.15, 0.2) is 54.7 Å². The van der Waals surface area contributed by atoms with Crippen LogP contribution in [0.2, 0.25) is 5.02 Å². The van der Waals surface area contributed by atoms with Gasteiger partial charge in [-0.15, -0.1) is 12.4 Å². The van der Waals surface area contributed by atoms with E-state index in [0.717, 1.165) is 11.1 Å². The minimum atomic E-state index is -0.966. The van der Waals surface area contributed by atoms with Gasteiger partial charge in [0.1, 0.15) is 5.82 Å². The van der Waals surface area contributed by atoms with Crippen molar-refractivity contribution >= 4 is 47.4 Å². The van der Waals surface area contributed by atoms with E-state index in [-0.39, 0.29) is 18.0 Å². The summed E-state index contributed by atoms with van der Waals surface area (Å²) in [6, 6.07) is 13.9. The molecule has 0 fully saturated rings. The summed E-state index contributed by atoms with van der Waals surface area (Å²) in [6.07, 6.45) is 1.71. The molecule has 0 saturated carbocycles. The molecule has 1 aromatic heterocycles. The van der Waals surface area contributed by atoms with Crippen LogP contribution in [0.4, 0.5) is 17.5 Å². The Morgan fingerprint density at radius 2 is 1.81 bits per heavy atom. The van der Waals surface area contributed by atoms with Gasteiger partial charge in [-0.05, 0) is 37.3 Å². The highest BCUT2D eigenvalue weighted by Crippen LogP contribution is 2.32. The van der Waals surface area contributed by atoms with Gasteiger partial charge in [-0.2, -0.15) is 4.98 Å². The van der Waals surface area contributed by atoms with Crippen LogP contribution in [-0.2, 0) is 0 Å². The fourth-order valence-corrected chi connectivity index (χ4v) is 2.68. The molecule has 0 radical (unpaired) electrons. The van der Waals surface area contributed by atoms with Gasteiger partial charge in [0.2, 0.25) is 5.95 Å². The third-order valence-electron chi connectivity index (χ3n) is 3.69. The van der Waals surface area contributed by atoms with Gasteiger partial charge in [0.05, 0.1) is 5.56 Å². The first kappa shape index (κ1) is 20.5. The van der Waals surface area contributed by atoms with Gasteiger partial charge in [-0.25, -0.2) is 9.78 Å². The first-order valence-electron chi connectivity index (χ1n) is 8.04. The standard InChI is InChI=1S/C19H17ClN4O2.ClH/c1-2-21-17-15(14-5-3-4-6-16(14)20)11-22-19(24-17)23-13-9-7-12(8-10-13)18(25)26;/h3-11H,2H2,1H3,(H,25,26)(H2,21,22,23,24);1H. The number of nitrogens with one attached hydrogen (secondary N) is 2. The minimum absolute atomic E-state index is 0. The third kappa shape index (κ3) is 4.87. The fourth-order valence-electron chi connectivity index (χ4n) is 2.45. The maximum absolute atomic E-state index is 10.9. The van der Waals surface area contributed by atoms with Gasteiger partial charge < -0.3 is 15.7 Å². The number of carboxylic acids is 1. The molecule has 8 heteroatoms. The summed E-state index contributed by atoms with van der Waals surface area (Å²) in [6.45, 7) is 2.68. The van der Waals surface area contributed by atoms with Gasteiger partial charge in [0.15, 0.2) is 0 Å². The lowest BCUT2D eigenvalue weighted by Crippen LogP contribution is -2.06.